The fourth-order valence-corrected chi connectivity index (χ4v) is 3.07. The molecule has 3 aromatic rings. The van der Waals surface area contributed by atoms with E-state index in [1.165, 1.54) is 0 Å². The lowest BCUT2D eigenvalue weighted by molar-refractivity contribution is 0.100. The summed E-state index contributed by atoms with van der Waals surface area (Å²) in [6, 6.07) is 11.2. The molecule has 1 aromatic heterocycles. The van der Waals surface area contributed by atoms with Crippen LogP contribution in [0, 0.1) is 13.8 Å². The van der Waals surface area contributed by atoms with Crippen molar-refractivity contribution in [2.75, 3.05) is 11.1 Å². The average molecular weight is 365 g/mol. The van der Waals surface area contributed by atoms with Crippen molar-refractivity contribution in [1.29, 1.82) is 0 Å². The van der Waals surface area contributed by atoms with Crippen LogP contribution in [0.25, 0.3) is 0 Å². The van der Waals surface area contributed by atoms with E-state index in [1.807, 2.05) is 50.2 Å². The van der Waals surface area contributed by atoms with Crippen molar-refractivity contribution in [3.8, 4) is 5.75 Å². The number of phenolic OH excluding ortho intramolecular Hbond substituents is 1. The minimum atomic E-state index is -0.547. The molecule has 0 radical (unpaired) electrons. The van der Waals surface area contributed by atoms with Crippen molar-refractivity contribution in [3.05, 3.63) is 69.9 Å². The Morgan fingerprint density at radius 2 is 1.78 bits per heavy atom. The maximum absolute atomic E-state index is 12.0. The fraction of sp³-hybridized carbons (Fsp3) is 0.200. The number of anilines is 2. The molecule has 1 heterocycles. The van der Waals surface area contributed by atoms with Crippen LogP contribution in [0.5, 0.6) is 5.75 Å². The van der Waals surface area contributed by atoms with Gasteiger partial charge in [-0.25, -0.2) is 0 Å². The lowest BCUT2D eigenvalue weighted by Gasteiger charge is -2.09. The Kier molecular flexibility index (Phi) is 5.03. The Balaban J connectivity index is 1.81. The number of aryl methyl sites for hydroxylation is 2. The molecule has 7 N–H and O–H groups in total. The lowest BCUT2D eigenvalue weighted by Crippen LogP contribution is -2.15. The molecule has 3 rings (SSSR count). The molecule has 0 aliphatic rings. The van der Waals surface area contributed by atoms with Gasteiger partial charge in [0.2, 0.25) is 0 Å². The molecule has 0 spiro atoms. The largest absolute Gasteiger partial charge is 0.507 e. The van der Waals surface area contributed by atoms with Gasteiger partial charge in [-0.2, -0.15) is 5.10 Å². The van der Waals surface area contributed by atoms with Crippen LogP contribution in [-0.2, 0) is 13.0 Å². The van der Waals surface area contributed by atoms with Crippen LogP contribution >= 0.6 is 0 Å². The normalized spacial score (nSPS) is 10.7. The molecule has 0 fully saturated rings. The summed E-state index contributed by atoms with van der Waals surface area (Å²) < 4.78 is 0. The molecule has 7 heteroatoms. The number of aromatic amines is 1. The first-order valence-electron chi connectivity index (χ1n) is 8.59. The first-order chi connectivity index (χ1) is 12.8. The molecule has 27 heavy (non-hydrogen) atoms. The Labute approximate surface area is 157 Å². The summed E-state index contributed by atoms with van der Waals surface area (Å²) in [6.45, 7) is 4.15. The number of aromatic hydroxyl groups is 1. The van der Waals surface area contributed by atoms with E-state index in [0.717, 1.165) is 22.3 Å². The Bertz CT molecular complexity index is 954. The van der Waals surface area contributed by atoms with Gasteiger partial charge in [0.1, 0.15) is 11.3 Å². The number of phenols is 1. The second kappa shape index (κ2) is 7.41. The number of carbonyl (C=O) groups excluding carboxylic acids is 1. The smallest absolute Gasteiger partial charge is 0.254 e. The van der Waals surface area contributed by atoms with E-state index in [1.54, 1.807) is 0 Å². The molecule has 0 atom stereocenters. The van der Waals surface area contributed by atoms with Crippen molar-refractivity contribution in [2.45, 2.75) is 26.8 Å². The van der Waals surface area contributed by atoms with Gasteiger partial charge in [-0.1, -0.05) is 24.3 Å². The number of benzene rings is 2. The SMILES string of the molecule is Cc1cc(CNc2n[nH]c(Cc3ccc(N)cc3)c2C(N)=O)cc(C)c1O. The maximum atomic E-state index is 12.0. The highest BCUT2D eigenvalue weighted by Crippen LogP contribution is 2.24. The summed E-state index contributed by atoms with van der Waals surface area (Å²) in [5, 5.41) is 20.2. The van der Waals surface area contributed by atoms with Crippen LogP contribution in [0.2, 0.25) is 0 Å². The molecule has 140 valence electrons. The molecule has 0 aliphatic heterocycles. The van der Waals surface area contributed by atoms with E-state index in [0.29, 0.717) is 41.5 Å². The van der Waals surface area contributed by atoms with Crippen molar-refractivity contribution < 1.29 is 9.90 Å². The van der Waals surface area contributed by atoms with Crippen LogP contribution in [0.15, 0.2) is 36.4 Å². The summed E-state index contributed by atoms with van der Waals surface area (Å²) in [6.07, 6.45) is 0.491. The number of rotatable bonds is 6. The number of hydrogen-bond donors (Lipinski definition) is 5. The van der Waals surface area contributed by atoms with Crippen molar-refractivity contribution in [1.82, 2.24) is 10.2 Å². The van der Waals surface area contributed by atoms with Crippen LogP contribution < -0.4 is 16.8 Å². The van der Waals surface area contributed by atoms with Crippen LogP contribution in [0.1, 0.15) is 38.3 Å². The van der Waals surface area contributed by atoms with Crippen molar-refractivity contribution in [2.24, 2.45) is 5.73 Å². The predicted octanol–water partition coefficient (Wildman–Crippen LogP) is 2.62. The highest BCUT2D eigenvalue weighted by atomic mass is 16.3. The molecule has 2 aromatic carbocycles. The number of amides is 1. The van der Waals surface area contributed by atoms with Gasteiger partial charge in [0.15, 0.2) is 5.82 Å². The molecular weight excluding hydrogens is 342 g/mol. The number of nitrogens with zero attached hydrogens (tertiary/aromatic N) is 1. The maximum Gasteiger partial charge on any atom is 0.254 e. The number of H-pyrrole nitrogens is 1. The monoisotopic (exact) mass is 365 g/mol. The van der Waals surface area contributed by atoms with Gasteiger partial charge >= 0.3 is 0 Å². The third-order valence-electron chi connectivity index (χ3n) is 4.46. The number of hydrogen-bond acceptors (Lipinski definition) is 5. The molecular formula is C20H23N5O2. The zero-order valence-electron chi connectivity index (χ0n) is 15.3. The van der Waals surface area contributed by atoms with Gasteiger partial charge in [0, 0.05) is 18.7 Å². The van der Waals surface area contributed by atoms with E-state index in [2.05, 4.69) is 15.5 Å². The van der Waals surface area contributed by atoms with Crippen LogP contribution in [-0.4, -0.2) is 21.2 Å². The second-order valence-corrected chi connectivity index (χ2v) is 6.64. The molecule has 1 amide bonds. The predicted molar refractivity (Wildman–Crippen MR) is 106 cm³/mol. The number of nitrogens with two attached hydrogens (primary N) is 2. The van der Waals surface area contributed by atoms with E-state index < -0.39 is 5.91 Å². The van der Waals surface area contributed by atoms with Gasteiger partial charge in [-0.15, -0.1) is 0 Å². The minimum absolute atomic E-state index is 0.294. The number of aromatic nitrogens is 2. The highest BCUT2D eigenvalue weighted by molar-refractivity contribution is 5.98. The standard InChI is InChI=1S/C20H23N5O2/c1-11-7-14(8-12(2)18(11)26)10-23-20-17(19(22)27)16(24-25-20)9-13-3-5-15(21)6-4-13/h3-8,26H,9-10,21H2,1-2H3,(H2,22,27)(H2,23,24,25). The third-order valence-corrected chi connectivity index (χ3v) is 4.46. The minimum Gasteiger partial charge on any atom is -0.507 e. The molecule has 7 nitrogen and oxygen atoms in total. The zero-order valence-corrected chi connectivity index (χ0v) is 15.3. The van der Waals surface area contributed by atoms with Crippen LogP contribution in [0.3, 0.4) is 0 Å². The van der Waals surface area contributed by atoms with E-state index >= 15 is 0 Å². The summed E-state index contributed by atoms with van der Waals surface area (Å²) in [5.41, 5.74) is 16.5. The molecule has 0 bridgehead atoms. The van der Waals surface area contributed by atoms with Crippen molar-refractivity contribution in [3.63, 3.8) is 0 Å². The van der Waals surface area contributed by atoms with Gasteiger partial charge in [-0.05, 0) is 48.2 Å². The first-order valence-corrected chi connectivity index (χ1v) is 8.59. The van der Waals surface area contributed by atoms with Crippen molar-refractivity contribution >= 4 is 17.4 Å². The average Bonchev–Trinajstić information content (AvgIpc) is 3.02. The van der Waals surface area contributed by atoms with Crippen LogP contribution in [0.4, 0.5) is 11.5 Å². The summed E-state index contributed by atoms with van der Waals surface area (Å²) in [7, 11) is 0. The molecule has 0 unspecified atom stereocenters. The lowest BCUT2D eigenvalue weighted by atomic mass is 10.0. The summed E-state index contributed by atoms with van der Waals surface area (Å²) >= 11 is 0. The Hall–Kier alpha value is -3.48. The number of carbonyl (C=O) groups is 1. The topological polar surface area (TPSA) is 130 Å². The first kappa shape index (κ1) is 18.3. The quantitative estimate of drug-likeness (QED) is 0.429. The van der Waals surface area contributed by atoms with Gasteiger partial charge in [0.05, 0.1) is 5.69 Å². The van der Waals surface area contributed by atoms with Gasteiger partial charge in [-0.3, -0.25) is 9.89 Å². The highest BCUT2D eigenvalue weighted by Gasteiger charge is 2.18. The number of primary amides is 1. The Morgan fingerprint density at radius 3 is 2.37 bits per heavy atom. The van der Waals surface area contributed by atoms with Gasteiger partial charge < -0.3 is 21.9 Å². The fourth-order valence-electron chi connectivity index (χ4n) is 3.07. The summed E-state index contributed by atoms with van der Waals surface area (Å²) in [4.78, 5) is 12.0. The Morgan fingerprint density at radius 1 is 1.15 bits per heavy atom. The van der Waals surface area contributed by atoms with E-state index in [-0.39, 0.29) is 0 Å². The number of nitrogens with one attached hydrogen (secondary N) is 2. The molecule has 0 saturated heterocycles. The second-order valence-electron chi connectivity index (χ2n) is 6.64. The zero-order chi connectivity index (χ0) is 19.6. The molecule has 0 saturated carbocycles. The third kappa shape index (κ3) is 4.03. The van der Waals surface area contributed by atoms with Gasteiger partial charge in [0.25, 0.3) is 5.91 Å². The van der Waals surface area contributed by atoms with E-state index in [9.17, 15) is 9.90 Å². The number of nitrogen functional groups attached to an aromatic ring is 1. The summed E-state index contributed by atoms with van der Waals surface area (Å²) in [5.74, 6) is 0.160. The van der Waals surface area contributed by atoms with E-state index in [4.69, 9.17) is 11.5 Å². The molecule has 0 aliphatic carbocycles.